The summed E-state index contributed by atoms with van der Waals surface area (Å²) >= 11 is 0. The summed E-state index contributed by atoms with van der Waals surface area (Å²) in [6.07, 6.45) is 4.53. The molecule has 1 rings (SSSR count). The first-order valence-electron chi connectivity index (χ1n) is 7.65. The fourth-order valence-corrected chi connectivity index (χ4v) is 2.52. The number of amides is 2. The van der Waals surface area contributed by atoms with Gasteiger partial charge in [-0.15, -0.1) is 0 Å². The highest BCUT2D eigenvalue weighted by Crippen LogP contribution is 2.25. The van der Waals surface area contributed by atoms with Crippen LogP contribution >= 0.6 is 0 Å². The van der Waals surface area contributed by atoms with Crippen molar-refractivity contribution in [3.8, 4) is 0 Å². The number of hydrazine groups is 1. The molecular weight excluding hydrogens is 294 g/mol. The molecular formula is C17H25N3O3. The molecule has 23 heavy (non-hydrogen) atoms. The van der Waals surface area contributed by atoms with Crippen LogP contribution in [-0.4, -0.2) is 17.0 Å². The number of nitrogens with one attached hydrogen (secondary N) is 2. The smallest absolute Gasteiger partial charge is 0.247 e. The van der Waals surface area contributed by atoms with Crippen LogP contribution < -0.4 is 16.7 Å². The van der Waals surface area contributed by atoms with Crippen molar-refractivity contribution in [1.29, 1.82) is 0 Å². The van der Waals surface area contributed by atoms with E-state index in [0.717, 1.165) is 5.56 Å². The highest BCUT2D eigenvalue weighted by atomic mass is 16.5. The summed E-state index contributed by atoms with van der Waals surface area (Å²) in [7, 11) is 0. The molecule has 0 aromatic heterocycles. The van der Waals surface area contributed by atoms with Crippen LogP contribution in [0.3, 0.4) is 0 Å². The van der Waals surface area contributed by atoms with E-state index in [1.54, 1.807) is 5.48 Å². The van der Waals surface area contributed by atoms with Gasteiger partial charge in [-0.1, -0.05) is 56.3 Å². The number of benzene rings is 1. The zero-order chi connectivity index (χ0) is 17.2. The van der Waals surface area contributed by atoms with E-state index in [1.165, 1.54) is 0 Å². The monoisotopic (exact) mass is 319 g/mol. The van der Waals surface area contributed by atoms with Crippen LogP contribution in [0.15, 0.2) is 36.4 Å². The quantitative estimate of drug-likeness (QED) is 0.254. The predicted molar refractivity (Wildman–Crippen MR) is 88.8 cm³/mol. The van der Waals surface area contributed by atoms with Gasteiger partial charge < -0.3 is 0 Å². The molecule has 0 saturated carbocycles. The van der Waals surface area contributed by atoms with Crippen LogP contribution in [0.2, 0.25) is 0 Å². The first-order valence-corrected chi connectivity index (χ1v) is 7.65. The molecule has 0 fully saturated rings. The summed E-state index contributed by atoms with van der Waals surface area (Å²) in [5.41, 5.74) is 4.77. The van der Waals surface area contributed by atoms with Gasteiger partial charge in [-0.05, 0) is 24.3 Å². The molecule has 6 nitrogen and oxygen atoms in total. The minimum absolute atomic E-state index is 0.212. The van der Waals surface area contributed by atoms with Gasteiger partial charge in [0.25, 0.3) is 0 Å². The fourth-order valence-electron chi connectivity index (χ4n) is 2.52. The van der Waals surface area contributed by atoms with Crippen molar-refractivity contribution in [3.05, 3.63) is 42.0 Å². The van der Waals surface area contributed by atoms with Crippen molar-refractivity contribution in [2.75, 3.05) is 0 Å². The Morgan fingerprint density at radius 2 is 1.83 bits per heavy atom. The molecule has 0 unspecified atom stereocenters. The van der Waals surface area contributed by atoms with E-state index >= 15 is 0 Å². The Labute approximate surface area is 136 Å². The van der Waals surface area contributed by atoms with Crippen molar-refractivity contribution in [2.45, 2.75) is 26.7 Å². The summed E-state index contributed by atoms with van der Waals surface area (Å²) < 4.78 is 0. The van der Waals surface area contributed by atoms with Gasteiger partial charge in [-0.3, -0.25) is 20.2 Å². The predicted octanol–water partition coefficient (Wildman–Crippen LogP) is 1.86. The minimum atomic E-state index is -0.689. The van der Waals surface area contributed by atoms with E-state index < -0.39 is 23.7 Å². The molecule has 0 spiro atoms. The summed E-state index contributed by atoms with van der Waals surface area (Å²) in [5.74, 6) is 3.17. The van der Waals surface area contributed by atoms with E-state index in [4.69, 9.17) is 11.0 Å². The molecule has 0 aliphatic carbocycles. The number of allylic oxidation sites excluding steroid dienone is 1. The number of nitrogens with two attached hydrogens (primary N) is 1. The molecule has 2 atom stereocenters. The van der Waals surface area contributed by atoms with Crippen molar-refractivity contribution in [1.82, 2.24) is 10.9 Å². The number of carbonyl (C=O) groups is 2. The van der Waals surface area contributed by atoms with Crippen LogP contribution in [0.1, 0.15) is 32.3 Å². The molecule has 6 heteroatoms. The largest absolute Gasteiger partial charge is 0.294 e. The van der Waals surface area contributed by atoms with Crippen molar-refractivity contribution < 1.29 is 14.8 Å². The van der Waals surface area contributed by atoms with E-state index in [-0.39, 0.29) is 5.92 Å². The van der Waals surface area contributed by atoms with E-state index in [9.17, 15) is 9.59 Å². The zero-order valence-electron chi connectivity index (χ0n) is 13.5. The third kappa shape index (κ3) is 6.22. The lowest BCUT2D eigenvalue weighted by Crippen LogP contribution is -2.44. The third-order valence-electron chi connectivity index (χ3n) is 3.64. The maximum atomic E-state index is 12.0. The highest BCUT2D eigenvalue weighted by Gasteiger charge is 2.33. The summed E-state index contributed by atoms with van der Waals surface area (Å²) in [6, 6.07) is 9.64. The van der Waals surface area contributed by atoms with Gasteiger partial charge in [0.05, 0.1) is 11.8 Å². The SMILES string of the molecule is CC(C)C[C@@H](C(=O)NN)[C@H](CC=Cc1ccccc1)C(=O)NO. The van der Waals surface area contributed by atoms with Gasteiger partial charge in [0.2, 0.25) is 11.8 Å². The van der Waals surface area contributed by atoms with Crippen LogP contribution in [-0.2, 0) is 9.59 Å². The van der Waals surface area contributed by atoms with Gasteiger partial charge in [0.1, 0.15) is 0 Å². The summed E-state index contributed by atoms with van der Waals surface area (Å²) in [5, 5.41) is 8.97. The Morgan fingerprint density at radius 1 is 1.17 bits per heavy atom. The Hall–Kier alpha value is -2.18. The van der Waals surface area contributed by atoms with E-state index in [2.05, 4.69) is 5.43 Å². The Bertz CT molecular complexity index is 529. The molecule has 5 N–H and O–H groups in total. The molecule has 0 heterocycles. The van der Waals surface area contributed by atoms with Gasteiger partial charge in [-0.2, -0.15) is 0 Å². The number of carbonyl (C=O) groups excluding carboxylic acids is 2. The second kappa shape index (κ2) is 9.76. The highest BCUT2D eigenvalue weighted by molar-refractivity contribution is 5.87. The van der Waals surface area contributed by atoms with Gasteiger partial charge in [-0.25, -0.2) is 11.3 Å². The van der Waals surface area contributed by atoms with Crippen LogP contribution in [0.5, 0.6) is 0 Å². The van der Waals surface area contributed by atoms with Crippen molar-refractivity contribution in [3.63, 3.8) is 0 Å². The maximum absolute atomic E-state index is 12.0. The van der Waals surface area contributed by atoms with Crippen molar-refractivity contribution >= 4 is 17.9 Å². The first-order chi connectivity index (χ1) is 11.0. The van der Waals surface area contributed by atoms with Crippen LogP contribution in [0.25, 0.3) is 6.08 Å². The zero-order valence-corrected chi connectivity index (χ0v) is 13.5. The normalized spacial score (nSPS) is 13.8. The molecule has 0 saturated heterocycles. The van der Waals surface area contributed by atoms with Crippen LogP contribution in [0, 0.1) is 17.8 Å². The summed E-state index contributed by atoms with van der Waals surface area (Å²) in [6.45, 7) is 3.93. The maximum Gasteiger partial charge on any atom is 0.247 e. The van der Waals surface area contributed by atoms with E-state index in [1.807, 2.05) is 56.3 Å². The van der Waals surface area contributed by atoms with Gasteiger partial charge in [0, 0.05) is 0 Å². The standard InChI is InChI=1S/C17H25N3O3/c1-12(2)11-15(16(21)19-18)14(17(22)20-23)10-6-9-13-7-4-3-5-8-13/h3-9,12,14-15,23H,10-11,18H2,1-2H3,(H,19,21)(H,20,22)/t14-,15+/m0/s1. The number of hydrogen-bond donors (Lipinski definition) is 4. The average molecular weight is 319 g/mol. The molecule has 0 aliphatic rings. The topological polar surface area (TPSA) is 104 Å². The number of hydroxylamine groups is 1. The Morgan fingerprint density at radius 3 is 2.35 bits per heavy atom. The minimum Gasteiger partial charge on any atom is -0.294 e. The third-order valence-corrected chi connectivity index (χ3v) is 3.64. The Kier molecular flexibility index (Phi) is 8.01. The molecule has 0 radical (unpaired) electrons. The fraction of sp³-hybridized carbons (Fsp3) is 0.412. The van der Waals surface area contributed by atoms with Gasteiger partial charge >= 0.3 is 0 Å². The lowest BCUT2D eigenvalue weighted by molar-refractivity contribution is -0.140. The first kappa shape index (κ1) is 18.9. The average Bonchev–Trinajstić information content (AvgIpc) is 2.56. The second-order valence-corrected chi connectivity index (χ2v) is 5.88. The second-order valence-electron chi connectivity index (χ2n) is 5.88. The van der Waals surface area contributed by atoms with Gasteiger partial charge in [0.15, 0.2) is 0 Å². The number of rotatable bonds is 8. The Balaban J connectivity index is 2.90. The molecule has 0 aliphatic heterocycles. The molecule has 1 aromatic carbocycles. The van der Waals surface area contributed by atoms with E-state index in [0.29, 0.717) is 12.8 Å². The summed E-state index contributed by atoms with van der Waals surface area (Å²) in [4.78, 5) is 24.0. The molecule has 0 bridgehead atoms. The lowest BCUT2D eigenvalue weighted by atomic mass is 9.82. The molecule has 1 aromatic rings. The molecule has 2 amide bonds. The van der Waals surface area contributed by atoms with Crippen molar-refractivity contribution in [2.24, 2.45) is 23.6 Å². The lowest BCUT2D eigenvalue weighted by Gasteiger charge is -2.24. The van der Waals surface area contributed by atoms with Crippen LogP contribution in [0.4, 0.5) is 0 Å². The number of hydrogen-bond acceptors (Lipinski definition) is 4. The molecule has 126 valence electrons.